The number of methoxy groups -OCH3 is 1. The molecular weight excluding hydrogens is 414 g/mol. The summed E-state index contributed by atoms with van der Waals surface area (Å²) >= 11 is 0. The van der Waals surface area contributed by atoms with E-state index in [0.717, 1.165) is 29.7 Å². The van der Waals surface area contributed by atoms with E-state index >= 15 is 0 Å². The maximum absolute atomic E-state index is 13.2. The van der Waals surface area contributed by atoms with E-state index in [1.54, 1.807) is 31.1 Å². The normalized spacial score (nSPS) is 15.5. The van der Waals surface area contributed by atoms with Crippen LogP contribution in [-0.4, -0.2) is 64.8 Å². The molecule has 0 radical (unpaired) electrons. The molecule has 0 aromatic heterocycles. The molecule has 3 rings (SSSR count). The Morgan fingerprint density at radius 3 is 2.23 bits per heavy atom. The first-order valence-corrected chi connectivity index (χ1v) is 12.4. The summed E-state index contributed by atoms with van der Waals surface area (Å²) < 4.78 is 31.8. The topological polar surface area (TPSA) is 70.2 Å². The molecule has 0 bridgehead atoms. The lowest BCUT2D eigenvalue weighted by atomic mass is 10.1. The minimum atomic E-state index is -3.62. The van der Waals surface area contributed by atoms with Gasteiger partial charge in [-0.3, -0.25) is 9.10 Å². The van der Waals surface area contributed by atoms with E-state index < -0.39 is 16.1 Å². The second-order valence-electron chi connectivity index (χ2n) is 7.74. The molecule has 1 heterocycles. The van der Waals surface area contributed by atoms with E-state index in [1.807, 2.05) is 43.3 Å². The molecule has 1 saturated heterocycles. The smallest absolute Gasteiger partial charge is 0.246 e. The number of hydrogen-bond acceptors (Lipinski definition) is 5. The number of aryl methyl sites for hydroxylation is 1. The lowest BCUT2D eigenvalue weighted by molar-refractivity contribution is -0.132. The number of piperazine rings is 1. The average molecular weight is 446 g/mol. The van der Waals surface area contributed by atoms with Crippen LogP contribution in [0.5, 0.6) is 5.75 Å². The Balaban J connectivity index is 1.73. The zero-order valence-electron chi connectivity index (χ0n) is 18.6. The Labute approximate surface area is 185 Å². The molecule has 31 heavy (non-hydrogen) atoms. The number of sulfonamides is 1. The number of carbonyl (C=O) groups is 1. The van der Waals surface area contributed by atoms with Crippen LogP contribution in [0.25, 0.3) is 0 Å². The van der Waals surface area contributed by atoms with Crippen molar-refractivity contribution in [2.75, 3.05) is 48.7 Å². The van der Waals surface area contributed by atoms with Crippen molar-refractivity contribution in [1.82, 2.24) is 4.90 Å². The van der Waals surface area contributed by atoms with E-state index in [1.165, 1.54) is 4.31 Å². The Morgan fingerprint density at radius 2 is 1.68 bits per heavy atom. The summed E-state index contributed by atoms with van der Waals surface area (Å²) in [5.74, 6) is 0.610. The van der Waals surface area contributed by atoms with Crippen molar-refractivity contribution in [3.8, 4) is 5.75 Å². The Kier molecular flexibility index (Phi) is 7.10. The van der Waals surface area contributed by atoms with Crippen LogP contribution >= 0.6 is 0 Å². The van der Waals surface area contributed by atoms with Crippen LogP contribution in [0, 0.1) is 0 Å². The van der Waals surface area contributed by atoms with Crippen LogP contribution in [0.2, 0.25) is 0 Å². The molecule has 0 spiro atoms. The van der Waals surface area contributed by atoms with Gasteiger partial charge in [0.2, 0.25) is 15.9 Å². The highest BCUT2D eigenvalue weighted by atomic mass is 32.2. The van der Waals surface area contributed by atoms with Gasteiger partial charge in [0.1, 0.15) is 11.8 Å². The number of carbonyl (C=O) groups excluding carboxylic acids is 1. The average Bonchev–Trinajstić information content (AvgIpc) is 2.78. The Morgan fingerprint density at radius 1 is 1.06 bits per heavy atom. The summed E-state index contributed by atoms with van der Waals surface area (Å²) in [4.78, 5) is 17.2. The summed E-state index contributed by atoms with van der Waals surface area (Å²) in [7, 11) is -1.98. The van der Waals surface area contributed by atoms with Crippen LogP contribution in [0.4, 0.5) is 11.4 Å². The highest BCUT2D eigenvalue weighted by Gasteiger charge is 2.33. The molecule has 0 unspecified atom stereocenters. The fourth-order valence-corrected chi connectivity index (χ4v) is 5.17. The fourth-order valence-electron chi connectivity index (χ4n) is 4.00. The highest BCUT2D eigenvalue weighted by molar-refractivity contribution is 7.92. The van der Waals surface area contributed by atoms with Crippen molar-refractivity contribution < 1.29 is 17.9 Å². The first-order valence-electron chi connectivity index (χ1n) is 10.5. The molecule has 1 amide bonds. The number of amides is 1. The highest BCUT2D eigenvalue weighted by Crippen LogP contribution is 2.29. The molecule has 1 atom stereocenters. The van der Waals surface area contributed by atoms with Crippen molar-refractivity contribution in [3.63, 3.8) is 0 Å². The lowest BCUT2D eigenvalue weighted by Gasteiger charge is -2.39. The van der Waals surface area contributed by atoms with Gasteiger partial charge in [0.05, 0.1) is 24.7 Å². The van der Waals surface area contributed by atoms with Crippen LogP contribution in [0.3, 0.4) is 0 Å². The third-order valence-corrected chi connectivity index (χ3v) is 6.92. The van der Waals surface area contributed by atoms with Crippen molar-refractivity contribution in [2.24, 2.45) is 0 Å². The van der Waals surface area contributed by atoms with Gasteiger partial charge in [-0.2, -0.15) is 0 Å². The third-order valence-electron chi connectivity index (χ3n) is 5.68. The number of para-hydroxylation sites is 2. The summed E-state index contributed by atoms with van der Waals surface area (Å²) in [5.41, 5.74) is 2.62. The first kappa shape index (κ1) is 22.9. The number of rotatable bonds is 7. The molecule has 2 aromatic rings. The summed E-state index contributed by atoms with van der Waals surface area (Å²) in [6.45, 7) is 6.05. The summed E-state index contributed by atoms with van der Waals surface area (Å²) in [5, 5.41) is 0. The van der Waals surface area contributed by atoms with E-state index in [9.17, 15) is 13.2 Å². The first-order chi connectivity index (χ1) is 14.8. The van der Waals surface area contributed by atoms with Gasteiger partial charge in [-0.05, 0) is 43.2 Å². The lowest BCUT2D eigenvalue weighted by Crippen LogP contribution is -2.55. The Hall–Kier alpha value is -2.74. The minimum absolute atomic E-state index is 0.190. The number of anilines is 2. The van der Waals surface area contributed by atoms with Gasteiger partial charge in [-0.25, -0.2) is 8.42 Å². The number of hydrogen-bond donors (Lipinski definition) is 0. The SMILES string of the molecule is CCc1ccc(N([C@H](C)C(=O)N2CCN(c3ccccc3OC)CC2)S(C)(=O)=O)cc1. The van der Waals surface area contributed by atoms with Crippen LogP contribution < -0.4 is 13.9 Å². The molecule has 1 aliphatic rings. The van der Waals surface area contributed by atoms with Crippen LogP contribution in [0.1, 0.15) is 19.4 Å². The second-order valence-corrected chi connectivity index (χ2v) is 9.60. The van der Waals surface area contributed by atoms with Gasteiger partial charge in [0, 0.05) is 26.2 Å². The van der Waals surface area contributed by atoms with Crippen molar-refractivity contribution in [2.45, 2.75) is 26.3 Å². The summed E-state index contributed by atoms with van der Waals surface area (Å²) in [6, 6.07) is 14.3. The van der Waals surface area contributed by atoms with Crippen LogP contribution in [0.15, 0.2) is 48.5 Å². The van der Waals surface area contributed by atoms with Gasteiger partial charge in [-0.15, -0.1) is 0 Å². The minimum Gasteiger partial charge on any atom is -0.495 e. The molecule has 8 heteroatoms. The quantitative estimate of drug-likeness (QED) is 0.656. The van der Waals surface area contributed by atoms with Crippen LogP contribution in [-0.2, 0) is 21.2 Å². The molecule has 2 aromatic carbocycles. The number of benzene rings is 2. The number of ether oxygens (including phenoxy) is 1. The van der Waals surface area contributed by atoms with E-state index in [-0.39, 0.29) is 5.91 Å². The molecule has 7 nitrogen and oxygen atoms in total. The maximum atomic E-state index is 13.2. The van der Waals surface area contributed by atoms with E-state index in [4.69, 9.17) is 4.74 Å². The largest absolute Gasteiger partial charge is 0.495 e. The predicted octanol–water partition coefficient (Wildman–Crippen LogP) is 2.76. The predicted molar refractivity (Wildman–Crippen MR) is 124 cm³/mol. The van der Waals surface area contributed by atoms with Gasteiger partial charge in [0.25, 0.3) is 0 Å². The summed E-state index contributed by atoms with van der Waals surface area (Å²) in [6.07, 6.45) is 2.01. The monoisotopic (exact) mass is 445 g/mol. The standard InChI is InChI=1S/C23H31N3O4S/c1-5-19-10-12-20(13-11-19)26(31(4,28)29)18(2)23(27)25-16-14-24(15-17-25)21-8-6-7-9-22(21)30-3/h6-13,18H,5,14-17H2,1-4H3/t18-/m1/s1. The van der Waals surface area contributed by atoms with Gasteiger partial charge < -0.3 is 14.5 Å². The van der Waals surface area contributed by atoms with Gasteiger partial charge >= 0.3 is 0 Å². The molecule has 0 N–H and O–H groups in total. The van der Waals surface area contributed by atoms with Gasteiger partial charge in [-0.1, -0.05) is 31.2 Å². The van der Waals surface area contributed by atoms with E-state index in [0.29, 0.717) is 31.9 Å². The van der Waals surface area contributed by atoms with E-state index in [2.05, 4.69) is 4.90 Å². The zero-order chi connectivity index (χ0) is 22.6. The molecule has 1 aliphatic heterocycles. The Bertz CT molecular complexity index is 1000. The molecule has 168 valence electrons. The van der Waals surface area contributed by atoms with Crippen molar-refractivity contribution in [1.29, 1.82) is 0 Å². The fraction of sp³-hybridized carbons (Fsp3) is 0.435. The second kappa shape index (κ2) is 9.60. The molecular formula is C23H31N3O4S. The zero-order valence-corrected chi connectivity index (χ0v) is 19.4. The molecule has 1 fully saturated rings. The van der Waals surface area contributed by atoms with Crippen molar-refractivity contribution in [3.05, 3.63) is 54.1 Å². The maximum Gasteiger partial charge on any atom is 0.246 e. The van der Waals surface area contributed by atoms with Crippen molar-refractivity contribution >= 4 is 27.3 Å². The third kappa shape index (κ3) is 5.12. The molecule has 0 saturated carbocycles. The molecule has 0 aliphatic carbocycles. The van der Waals surface area contributed by atoms with Gasteiger partial charge in [0.15, 0.2) is 0 Å². The number of nitrogens with zero attached hydrogens (tertiary/aromatic N) is 3.